The van der Waals surface area contributed by atoms with Gasteiger partial charge in [0.1, 0.15) is 6.07 Å². The highest BCUT2D eigenvalue weighted by Gasteiger charge is 1.98. The van der Waals surface area contributed by atoms with Crippen LogP contribution in [-0.2, 0) is 0 Å². The van der Waals surface area contributed by atoms with Gasteiger partial charge in [0, 0.05) is 24.5 Å². The molecule has 0 bridgehead atoms. The fourth-order valence-corrected chi connectivity index (χ4v) is 0.980. The number of nitrogens with two attached hydrogens (primary N) is 2. The van der Waals surface area contributed by atoms with Gasteiger partial charge in [-0.25, -0.2) is 0 Å². The van der Waals surface area contributed by atoms with Gasteiger partial charge in [0.05, 0.1) is 5.56 Å². The number of hydrogen-bond acceptors (Lipinski definition) is 4. The van der Waals surface area contributed by atoms with E-state index in [1.807, 2.05) is 12.1 Å². The Balaban J connectivity index is 2.82. The summed E-state index contributed by atoms with van der Waals surface area (Å²) in [6.45, 7) is 1.25. The molecule has 1 rings (SSSR count). The lowest BCUT2D eigenvalue weighted by Gasteiger charge is -2.05. The summed E-state index contributed by atoms with van der Waals surface area (Å²) >= 11 is 0. The fraction of sp³-hybridized carbons (Fsp3) is 0.222. The maximum absolute atomic E-state index is 8.69. The average molecular weight is 176 g/mol. The molecule has 4 heteroatoms. The third-order valence-electron chi connectivity index (χ3n) is 1.65. The molecule has 1 aromatic rings. The van der Waals surface area contributed by atoms with E-state index in [0.717, 1.165) is 5.69 Å². The summed E-state index contributed by atoms with van der Waals surface area (Å²) in [5.74, 6) is 0. The topological polar surface area (TPSA) is 87.9 Å². The van der Waals surface area contributed by atoms with Crippen molar-refractivity contribution in [2.75, 3.05) is 24.1 Å². The summed E-state index contributed by atoms with van der Waals surface area (Å²) < 4.78 is 0. The minimum atomic E-state index is 0.488. The van der Waals surface area contributed by atoms with Gasteiger partial charge in [-0.2, -0.15) is 5.26 Å². The molecule has 0 aliphatic heterocycles. The van der Waals surface area contributed by atoms with Crippen molar-refractivity contribution in [3.05, 3.63) is 23.8 Å². The SMILES string of the molecule is N#Cc1cc(NCCN)ccc1N. The third kappa shape index (κ3) is 2.36. The van der Waals surface area contributed by atoms with Gasteiger partial charge in [0.2, 0.25) is 0 Å². The zero-order chi connectivity index (χ0) is 9.68. The first kappa shape index (κ1) is 9.36. The normalized spacial score (nSPS) is 9.23. The number of nitrogens with zero attached hydrogens (tertiary/aromatic N) is 1. The van der Waals surface area contributed by atoms with E-state index in [1.54, 1.807) is 12.1 Å². The van der Waals surface area contributed by atoms with Crippen LogP contribution in [-0.4, -0.2) is 13.1 Å². The molecule has 68 valence electrons. The van der Waals surface area contributed by atoms with Crippen LogP contribution in [0.1, 0.15) is 5.56 Å². The van der Waals surface area contributed by atoms with Crippen molar-refractivity contribution in [2.45, 2.75) is 0 Å². The molecule has 0 heterocycles. The first-order valence-corrected chi connectivity index (χ1v) is 4.01. The number of nitrogens with one attached hydrogen (secondary N) is 1. The van der Waals surface area contributed by atoms with Gasteiger partial charge in [0.15, 0.2) is 0 Å². The van der Waals surface area contributed by atoms with Gasteiger partial charge in [-0.05, 0) is 18.2 Å². The number of benzene rings is 1. The predicted octanol–water partition coefficient (Wildman–Crippen LogP) is 0.511. The Morgan fingerprint density at radius 3 is 2.85 bits per heavy atom. The van der Waals surface area contributed by atoms with Crippen LogP contribution in [0, 0.1) is 11.3 Å². The van der Waals surface area contributed by atoms with Crippen molar-refractivity contribution >= 4 is 11.4 Å². The second kappa shape index (κ2) is 4.33. The molecule has 0 amide bonds. The first-order chi connectivity index (χ1) is 6.27. The molecule has 0 atom stereocenters. The quantitative estimate of drug-likeness (QED) is 0.585. The van der Waals surface area contributed by atoms with E-state index in [0.29, 0.717) is 24.3 Å². The van der Waals surface area contributed by atoms with Crippen LogP contribution in [0.4, 0.5) is 11.4 Å². The van der Waals surface area contributed by atoms with Crippen molar-refractivity contribution in [3.8, 4) is 6.07 Å². The Bertz CT molecular complexity index is 327. The Morgan fingerprint density at radius 1 is 1.46 bits per heavy atom. The van der Waals surface area contributed by atoms with E-state index in [-0.39, 0.29) is 0 Å². The fourth-order valence-electron chi connectivity index (χ4n) is 0.980. The molecule has 0 fully saturated rings. The van der Waals surface area contributed by atoms with Crippen molar-refractivity contribution < 1.29 is 0 Å². The van der Waals surface area contributed by atoms with Crippen LogP contribution in [0.3, 0.4) is 0 Å². The lowest BCUT2D eigenvalue weighted by atomic mass is 10.2. The maximum atomic E-state index is 8.69. The largest absolute Gasteiger partial charge is 0.398 e. The van der Waals surface area contributed by atoms with Gasteiger partial charge in [-0.3, -0.25) is 0 Å². The number of nitriles is 1. The van der Waals surface area contributed by atoms with Crippen molar-refractivity contribution in [3.63, 3.8) is 0 Å². The highest BCUT2D eigenvalue weighted by Crippen LogP contribution is 2.16. The molecule has 0 spiro atoms. The molecule has 0 radical (unpaired) electrons. The molecule has 1 aromatic carbocycles. The van der Waals surface area contributed by atoms with E-state index in [1.165, 1.54) is 0 Å². The summed E-state index contributed by atoms with van der Waals surface area (Å²) in [5.41, 5.74) is 12.7. The van der Waals surface area contributed by atoms with Crippen LogP contribution in [0.2, 0.25) is 0 Å². The lowest BCUT2D eigenvalue weighted by molar-refractivity contribution is 1.02. The summed E-state index contributed by atoms with van der Waals surface area (Å²) in [4.78, 5) is 0. The number of hydrogen-bond donors (Lipinski definition) is 3. The molecule has 13 heavy (non-hydrogen) atoms. The van der Waals surface area contributed by atoms with Crippen LogP contribution >= 0.6 is 0 Å². The number of anilines is 2. The van der Waals surface area contributed by atoms with Gasteiger partial charge in [-0.1, -0.05) is 0 Å². The van der Waals surface area contributed by atoms with Crippen LogP contribution < -0.4 is 16.8 Å². The third-order valence-corrected chi connectivity index (χ3v) is 1.65. The highest BCUT2D eigenvalue weighted by molar-refractivity contribution is 5.61. The molecular formula is C9H12N4. The van der Waals surface area contributed by atoms with Gasteiger partial charge in [-0.15, -0.1) is 0 Å². The number of nitrogen functional groups attached to an aromatic ring is 1. The zero-order valence-corrected chi connectivity index (χ0v) is 7.25. The standard InChI is InChI=1S/C9H12N4/c10-3-4-13-8-1-2-9(12)7(5-8)6-11/h1-2,5,13H,3-4,10,12H2. The lowest BCUT2D eigenvalue weighted by Crippen LogP contribution is -2.13. The molecule has 4 nitrogen and oxygen atoms in total. The molecule has 0 saturated carbocycles. The Morgan fingerprint density at radius 2 is 2.23 bits per heavy atom. The minimum absolute atomic E-state index is 0.488. The van der Waals surface area contributed by atoms with E-state index < -0.39 is 0 Å². The average Bonchev–Trinajstić information content (AvgIpc) is 2.16. The number of rotatable bonds is 3. The molecule has 0 aliphatic rings. The predicted molar refractivity (Wildman–Crippen MR) is 53.1 cm³/mol. The summed E-state index contributed by atoms with van der Waals surface area (Å²) in [7, 11) is 0. The van der Waals surface area contributed by atoms with Crippen LogP contribution in [0.15, 0.2) is 18.2 Å². The van der Waals surface area contributed by atoms with E-state index in [2.05, 4.69) is 5.32 Å². The Kier molecular flexibility index (Phi) is 3.12. The second-order valence-corrected chi connectivity index (χ2v) is 2.63. The monoisotopic (exact) mass is 176 g/mol. The Labute approximate surface area is 77.1 Å². The molecule has 0 aliphatic carbocycles. The Hall–Kier alpha value is -1.73. The molecular weight excluding hydrogens is 164 g/mol. The summed E-state index contributed by atoms with van der Waals surface area (Å²) in [6.07, 6.45) is 0. The van der Waals surface area contributed by atoms with Crippen LogP contribution in [0.25, 0.3) is 0 Å². The van der Waals surface area contributed by atoms with Crippen molar-refractivity contribution in [1.82, 2.24) is 0 Å². The first-order valence-electron chi connectivity index (χ1n) is 4.01. The zero-order valence-electron chi connectivity index (χ0n) is 7.25. The maximum Gasteiger partial charge on any atom is 0.101 e. The molecule has 0 aromatic heterocycles. The molecule has 0 unspecified atom stereocenters. The van der Waals surface area contributed by atoms with E-state index >= 15 is 0 Å². The second-order valence-electron chi connectivity index (χ2n) is 2.63. The summed E-state index contributed by atoms with van der Waals surface area (Å²) in [5, 5.41) is 11.8. The molecule has 0 saturated heterocycles. The van der Waals surface area contributed by atoms with Gasteiger partial charge in [0.25, 0.3) is 0 Å². The highest BCUT2D eigenvalue weighted by atomic mass is 14.9. The molecule has 5 N–H and O–H groups in total. The minimum Gasteiger partial charge on any atom is -0.398 e. The summed E-state index contributed by atoms with van der Waals surface area (Å²) in [6, 6.07) is 7.26. The van der Waals surface area contributed by atoms with Crippen LogP contribution in [0.5, 0.6) is 0 Å². The smallest absolute Gasteiger partial charge is 0.101 e. The van der Waals surface area contributed by atoms with Gasteiger partial charge < -0.3 is 16.8 Å². The van der Waals surface area contributed by atoms with E-state index in [4.69, 9.17) is 16.7 Å². The van der Waals surface area contributed by atoms with Gasteiger partial charge >= 0.3 is 0 Å². The van der Waals surface area contributed by atoms with E-state index in [9.17, 15) is 0 Å². The van der Waals surface area contributed by atoms with Crippen molar-refractivity contribution in [1.29, 1.82) is 5.26 Å². The van der Waals surface area contributed by atoms with Crippen molar-refractivity contribution in [2.24, 2.45) is 5.73 Å².